The number of likely N-dealkylation sites (tertiary alicyclic amines) is 1. The molecule has 2 heterocycles. The lowest BCUT2D eigenvalue weighted by atomic mass is 9.85. The molecular formula is C17H14ClN3O3. The number of hydrogen-bond acceptors (Lipinski definition) is 5. The van der Waals surface area contributed by atoms with Gasteiger partial charge in [-0.25, -0.2) is 0 Å². The number of benzene rings is 1. The van der Waals surface area contributed by atoms with Crippen molar-refractivity contribution >= 4 is 23.4 Å². The van der Waals surface area contributed by atoms with Gasteiger partial charge in [0.2, 0.25) is 23.6 Å². The Morgan fingerprint density at radius 2 is 1.67 bits per heavy atom. The minimum atomic E-state index is -0.249. The molecule has 2 atom stereocenters. The topological polar surface area (TPSA) is 76.3 Å². The fraction of sp³-hybridized carbons (Fsp3) is 0.294. The third-order valence-electron chi connectivity index (χ3n) is 4.45. The Kier molecular flexibility index (Phi) is 3.69. The van der Waals surface area contributed by atoms with Crippen molar-refractivity contribution in [3.05, 3.63) is 47.3 Å². The summed E-state index contributed by atoms with van der Waals surface area (Å²) in [5.41, 5.74) is 0.732. The van der Waals surface area contributed by atoms with Crippen LogP contribution < -0.4 is 0 Å². The second-order valence-corrected chi connectivity index (χ2v) is 6.36. The Morgan fingerprint density at radius 3 is 2.29 bits per heavy atom. The van der Waals surface area contributed by atoms with E-state index < -0.39 is 0 Å². The Labute approximate surface area is 143 Å². The number of allylic oxidation sites excluding steroid dienone is 2. The van der Waals surface area contributed by atoms with Gasteiger partial charge in [-0.2, -0.15) is 0 Å². The highest BCUT2D eigenvalue weighted by atomic mass is 35.5. The fourth-order valence-corrected chi connectivity index (χ4v) is 3.31. The molecule has 4 rings (SSSR count). The average molecular weight is 344 g/mol. The maximum Gasteiger partial charge on any atom is 0.247 e. The molecule has 1 aromatic heterocycles. The molecule has 7 heteroatoms. The number of fused-ring (bicyclic) bond motifs is 1. The van der Waals surface area contributed by atoms with Crippen LogP contribution in [0.2, 0.25) is 5.02 Å². The lowest BCUT2D eigenvalue weighted by Crippen LogP contribution is -2.30. The van der Waals surface area contributed by atoms with Crippen LogP contribution in [0.25, 0.3) is 11.5 Å². The highest BCUT2D eigenvalue weighted by molar-refractivity contribution is 6.30. The van der Waals surface area contributed by atoms with Gasteiger partial charge in [0.25, 0.3) is 0 Å². The third kappa shape index (κ3) is 2.53. The van der Waals surface area contributed by atoms with Crippen LogP contribution in [-0.2, 0) is 16.1 Å². The van der Waals surface area contributed by atoms with Crippen molar-refractivity contribution in [2.45, 2.75) is 19.4 Å². The Balaban J connectivity index is 1.53. The number of aromatic nitrogens is 2. The molecule has 1 saturated heterocycles. The molecule has 2 aliphatic rings. The van der Waals surface area contributed by atoms with Crippen LogP contribution in [-0.4, -0.2) is 26.9 Å². The van der Waals surface area contributed by atoms with Crippen LogP contribution in [0.4, 0.5) is 0 Å². The van der Waals surface area contributed by atoms with E-state index in [0.29, 0.717) is 23.8 Å². The van der Waals surface area contributed by atoms with Gasteiger partial charge in [-0.05, 0) is 37.1 Å². The van der Waals surface area contributed by atoms with Crippen molar-refractivity contribution in [2.24, 2.45) is 11.8 Å². The monoisotopic (exact) mass is 343 g/mol. The van der Waals surface area contributed by atoms with E-state index in [0.717, 1.165) is 5.56 Å². The molecular weight excluding hydrogens is 330 g/mol. The fourth-order valence-electron chi connectivity index (χ4n) is 3.19. The lowest BCUT2D eigenvalue weighted by molar-refractivity contribution is -0.140. The number of carbonyl (C=O) groups is 2. The van der Waals surface area contributed by atoms with Crippen LogP contribution >= 0.6 is 11.6 Å². The molecule has 0 spiro atoms. The first kappa shape index (κ1) is 15.1. The van der Waals surface area contributed by atoms with Crippen molar-refractivity contribution in [2.75, 3.05) is 0 Å². The van der Waals surface area contributed by atoms with Gasteiger partial charge in [-0.1, -0.05) is 23.8 Å². The van der Waals surface area contributed by atoms with Crippen molar-refractivity contribution in [1.82, 2.24) is 15.1 Å². The molecule has 1 aliphatic carbocycles. The summed E-state index contributed by atoms with van der Waals surface area (Å²) in [6.45, 7) is 0.0191. The number of amides is 2. The summed E-state index contributed by atoms with van der Waals surface area (Å²) in [4.78, 5) is 26.1. The van der Waals surface area contributed by atoms with Gasteiger partial charge in [0, 0.05) is 10.6 Å². The second kappa shape index (κ2) is 5.87. The van der Waals surface area contributed by atoms with Crippen molar-refractivity contribution in [3.8, 4) is 11.5 Å². The van der Waals surface area contributed by atoms with Gasteiger partial charge >= 0.3 is 0 Å². The van der Waals surface area contributed by atoms with Gasteiger partial charge in [0.05, 0.1) is 11.8 Å². The molecule has 0 N–H and O–H groups in total. The highest BCUT2D eigenvalue weighted by Crippen LogP contribution is 2.35. The van der Waals surface area contributed by atoms with Gasteiger partial charge in [-0.3, -0.25) is 14.5 Å². The molecule has 0 bridgehead atoms. The number of imide groups is 1. The first-order valence-electron chi connectivity index (χ1n) is 7.72. The zero-order valence-electron chi connectivity index (χ0n) is 12.7. The van der Waals surface area contributed by atoms with E-state index in [-0.39, 0.29) is 36.1 Å². The number of hydrogen-bond donors (Lipinski definition) is 0. The van der Waals surface area contributed by atoms with Gasteiger partial charge in [-0.15, -0.1) is 10.2 Å². The molecule has 1 aromatic carbocycles. The lowest BCUT2D eigenvalue weighted by Gasteiger charge is -2.14. The van der Waals surface area contributed by atoms with Gasteiger partial charge < -0.3 is 4.42 Å². The minimum Gasteiger partial charge on any atom is -0.419 e. The maximum absolute atomic E-state index is 12.4. The Morgan fingerprint density at radius 1 is 1.04 bits per heavy atom. The number of carbonyl (C=O) groups excluding carboxylic acids is 2. The molecule has 2 amide bonds. The van der Waals surface area contributed by atoms with Crippen LogP contribution in [0.3, 0.4) is 0 Å². The SMILES string of the molecule is O=C1[C@@H]2CC=CC[C@H]2C(=O)N1Cc1nnc(-c2ccc(Cl)cc2)o1. The Hall–Kier alpha value is -2.47. The van der Waals surface area contributed by atoms with Crippen LogP contribution in [0.15, 0.2) is 40.8 Å². The molecule has 0 saturated carbocycles. The predicted molar refractivity (Wildman–Crippen MR) is 85.7 cm³/mol. The molecule has 1 fully saturated rings. The third-order valence-corrected chi connectivity index (χ3v) is 4.70. The van der Waals surface area contributed by atoms with E-state index in [4.69, 9.17) is 16.0 Å². The summed E-state index contributed by atoms with van der Waals surface area (Å²) in [5.74, 6) is -0.225. The summed E-state index contributed by atoms with van der Waals surface area (Å²) in [7, 11) is 0. The van der Waals surface area contributed by atoms with E-state index in [9.17, 15) is 9.59 Å². The minimum absolute atomic E-state index is 0.0191. The van der Waals surface area contributed by atoms with Crippen LogP contribution in [0.5, 0.6) is 0 Å². The van der Waals surface area contributed by atoms with E-state index in [2.05, 4.69) is 10.2 Å². The van der Waals surface area contributed by atoms with E-state index >= 15 is 0 Å². The van der Waals surface area contributed by atoms with Gasteiger partial charge in [0.1, 0.15) is 6.54 Å². The Bertz CT molecular complexity index is 802. The molecule has 1 aliphatic heterocycles. The smallest absolute Gasteiger partial charge is 0.247 e. The normalized spacial score (nSPS) is 23.0. The zero-order chi connectivity index (χ0) is 16.7. The highest BCUT2D eigenvalue weighted by Gasteiger charge is 2.47. The van der Waals surface area contributed by atoms with Crippen LogP contribution in [0.1, 0.15) is 18.7 Å². The van der Waals surface area contributed by atoms with Crippen molar-refractivity contribution in [1.29, 1.82) is 0 Å². The number of halogens is 1. The summed E-state index contributed by atoms with van der Waals surface area (Å²) >= 11 is 5.86. The molecule has 24 heavy (non-hydrogen) atoms. The second-order valence-electron chi connectivity index (χ2n) is 5.93. The van der Waals surface area contributed by atoms with E-state index in [1.807, 2.05) is 12.2 Å². The number of nitrogens with zero attached hydrogens (tertiary/aromatic N) is 3. The maximum atomic E-state index is 12.4. The van der Waals surface area contributed by atoms with Crippen molar-refractivity contribution < 1.29 is 14.0 Å². The zero-order valence-corrected chi connectivity index (χ0v) is 13.4. The standard InChI is InChI=1S/C17H14ClN3O3/c18-11-7-5-10(6-8-11)15-20-19-14(24-15)9-21-16(22)12-3-1-2-4-13(12)17(21)23/h1-2,5-8,12-13H,3-4,9H2/t12-,13-/m1/s1. The summed E-state index contributed by atoms with van der Waals surface area (Å²) in [6.07, 6.45) is 5.15. The molecule has 2 aromatic rings. The van der Waals surface area contributed by atoms with E-state index in [1.165, 1.54) is 4.90 Å². The summed E-state index contributed by atoms with van der Waals surface area (Å²) in [5, 5.41) is 8.54. The summed E-state index contributed by atoms with van der Waals surface area (Å²) < 4.78 is 5.59. The van der Waals surface area contributed by atoms with Crippen LogP contribution in [0, 0.1) is 11.8 Å². The van der Waals surface area contributed by atoms with E-state index in [1.54, 1.807) is 24.3 Å². The predicted octanol–water partition coefficient (Wildman–Crippen LogP) is 2.84. The molecule has 122 valence electrons. The molecule has 0 unspecified atom stereocenters. The molecule has 0 radical (unpaired) electrons. The van der Waals surface area contributed by atoms with Gasteiger partial charge in [0.15, 0.2) is 0 Å². The largest absolute Gasteiger partial charge is 0.419 e. The first-order chi connectivity index (χ1) is 11.6. The average Bonchev–Trinajstić information content (AvgIpc) is 3.16. The first-order valence-corrected chi connectivity index (χ1v) is 8.10. The molecule has 6 nitrogen and oxygen atoms in total. The summed E-state index contributed by atoms with van der Waals surface area (Å²) in [6, 6.07) is 7.00. The van der Waals surface area contributed by atoms with Crippen molar-refractivity contribution in [3.63, 3.8) is 0 Å². The quantitative estimate of drug-likeness (QED) is 0.632. The number of rotatable bonds is 3.